The Morgan fingerprint density at radius 2 is 2.25 bits per heavy atom. The van der Waals surface area contributed by atoms with Gasteiger partial charge in [-0.3, -0.25) is 4.79 Å². The maximum Gasteiger partial charge on any atom is 0.307 e. The van der Waals surface area contributed by atoms with E-state index in [0.29, 0.717) is 18.8 Å². The number of carboxylic acids is 1. The van der Waals surface area contributed by atoms with Gasteiger partial charge in [-0.1, -0.05) is 12.2 Å². The molecule has 24 heavy (non-hydrogen) atoms. The number of carbonyl (C=O) groups is 1. The fourth-order valence-corrected chi connectivity index (χ4v) is 3.87. The summed E-state index contributed by atoms with van der Waals surface area (Å²) in [6, 6.07) is 0. The number of aliphatic carboxylic acids is 1. The van der Waals surface area contributed by atoms with Gasteiger partial charge in [-0.2, -0.15) is 0 Å². The van der Waals surface area contributed by atoms with E-state index in [9.17, 15) is 14.3 Å². The second-order valence-corrected chi connectivity index (χ2v) is 6.88. The molecule has 1 fully saturated rings. The van der Waals surface area contributed by atoms with Crippen LogP contribution in [0.1, 0.15) is 24.4 Å². The molecule has 1 N–H and O–H groups in total. The van der Waals surface area contributed by atoms with Crippen LogP contribution in [-0.2, 0) is 4.79 Å². The summed E-state index contributed by atoms with van der Waals surface area (Å²) in [7, 11) is 1.92. The quantitative estimate of drug-likeness (QED) is 0.898. The largest absolute Gasteiger partial charge is 0.481 e. The van der Waals surface area contributed by atoms with Gasteiger partial charge >= 0.3 is 5.97 Å². The Labute approximate surface area is 140 Å². The van der Waals surface area contributed by atoms with Crippen LogP contribution >= 0.6 is 0 Å². The highest BCUT2D eigenvalue weighted by molar-refractivity contribution is 5.75. The highest BCUT2D eigenvalue weighted by Gasteiger charge is 2.62. The first-order valence-corrected chi connectivity index (χ1v) is 8.10. The fourth-order valence-electron chi connectivity index (χ4n) is 3.87. The van der Waals surface area contributed by atoms with Crippen LogP contribution in [0.25, 0.3) is 0 Å². The number of anilines is 1. The number of halogens is 1. The Morgan fingerprint density at radius 1 is 1.50 bits per heavy atom. The van der Waals surface area contributed by atoms with Crippen molar-refractivity contribution in [2.75, 3.05) is 18.5 Å². The van der Waals surface area contributed by atoms with Gasteiger partial charge in [-0.15, -0.1) is 0 Å². The van der Waals surface area contributed by atoms with E-state index in [0.717, 1.165) is 11.4 Å². The summed E-state index contributed by atoms with van der Waals surface area (Å²) in [6.07, 6.45) is 7.70. The van der Waals surface area contributed by atoms with E-state index in [2.05, 4.69) is 9.97 Å². The zero-order valence-electron chi connectivity index (χ0n) is 14.2. The van der Waals surface area contributed by atoms with E-state index in [4.69, 9.17) is 0 Å². The smallest absolute Gasteiger partial charge is 0.307 e. The highest BCUT2D eigenvalue weighted by Crippen LogP contribution is 2.61. The number of hydrogen-bond donors (Lipinski definition) is 1. The van der Waals surface area contributed by atoms with Crippen LogP contribution in [-0.4, -0.2) is 34.6 Å². The summed E-state index contributed by atoms with van der Waals surface area (Å²) >= 11 is 0. The number of nitrogens with zero attached hydrogens (tertiary/aromatic N) is 3. The molecule has 2 aliphatic carbocycles. The Bertz CT molecular complexity index is 731. The molecule has 0 bridgehead atoms. The molecule has 0 amide bonds. The van der Waals surface area contributed by atoms with E-state index >= 15 is 0 Å². The lowest BCUT2D eigenvalue weighted by Crippen LogP contribution is -2.35. The van der Waals surface area contributed by atoms with E-state index in [1.165, 1.54) is 6.08 Å². The third-order valence-corrected chi connectivity index (χ3v) is 5.21. The molecule has 1 heterocycles. The molecule has 0 radical (unpaired) electrons. The summed E-state index contributed by atoms with van der Waals surface area (Å²) in [5.41, 5.74) is 1.30. The van der Waals surface area contributed by atoms with Gasteiger partial charge in [-0.05, 0) is 32.3 Å². The number of allylic oxidation sites excluding steroid dienone is 4. The lowest BCUT2D eigenvalue weighted by Gasteiger charge is -2.32. The van der Waals surface area contributed by atoms with Gasteiger partial charge < -0.3 is 10.0 Å². The van der Waals surface area contributed by atoms with Crippen molar-refractivity contribution in [2.24, 2.45) is 17.3 Å². The summed E-state index contributed by atoms with van der Waals surface area (Å²) in [6.45, 7) is 4.29. The van der Waals surface area contributed by atoms with Crippen molar-refractivity contribution >= 4 is 11.7 Å². The van der Waals surface area contributed by atoms with Crippen LogP contribution in [0, 0.1) is 31.1 Å². The Hall–Kier alpha value is -2.24. The Balaban J connectivity index is 1.84. The zero-order valence-corrected chi connectivity index (χ0v) is 14.2. The lowest BCUT2D eigenvalue weighted by atomic mass is 9.81. The third kappa shape index (κ3) is 2.92. The molecule has 2 aliphatic rings. The molecule has 6 heteroatoms. The SMILES string of the molecule is Cc1ncc(N(C)C[C@@]2(C3C=CC=C(F)C3)C[C@H]2C(=O)O)c(C)n1. The molecular formula is C18H22FN3O2. The molecule has 3 atom stereocenters. The monoisotopic (exact) mass is 331 g/mol. The summed E-state index contributed by atoms with van der Waals surface area (Å²) in [5, 5.41) is 9.48. The maximum atomic E-state index is 13.7. The average molecular weight is 331 g/mol. The number of hydrogen-bond acceptors (Lipinski definition) is 4. The average Bonchev–Trinajstić information content (AvgIpc) is 3.23. The molecule has 0 aliphatic heterocycles. The molecule has 0 aromatic carbocycles. The normalized spacial score (nSPS) is 28.4. The topological polar surface area (TPSA) is 66.3 Å². The van der Waals surface area contributed by atoms with E-state index in [-0.39, 0.29) is 18.2 Å². The molecule has 1 aromatic rings. The fraction of sp³-hybridized carbons (Fsp3) is 0.500. The van der Waals surface area contributed by atoms with Gasteiger partial charge in [0.25, 0.3) is 0 Å². The second-order valence-electron chi connectivity index (χ2n) is 6.88. The summed E-state index contributed by atoms with van der Waals surface area (Å²) in [5.74, 6) is -0.819. The molecule has 0 saturated heterocycles. The zero-order chi connectivity index (χ0) is 17.5. The molecule has 0 spiro atoms. The van der Waals surface area contributed by atoms with Crippen LogP contribution in [0.15, 0.2) is 30.3 Å². The first kappa shape index (κ1) is 16.6. The Morgan fingerprint density at radius 3 is 2.83 bits per heavy atom. The predicted octanol–water partition coefficient (Wildman–Crippen LogP) is 3.05. The second kappa shape index (κ2) is 6.00. The van der Waals surface area contributed by atoms with Gasteiger partial charge in [-0.25, -0.2) is 14.4 Å². The van der Waals surface area contributed by atoms with Crippen LogP contribution < -0.4 is 4.90 Å². The standard InChI is InChI=1S/C18H22FN3O2/c1-11-16(9-20-12(2)21-11)22(3)10-18(8-15(18)17(23)24)13-5-4-6-14(19)7-13/h4-6,9,13,15H,7-8,10H2,1-3H3,(H,23,24)/t13?,15-,18+/m0/s1. The molecule has 128 valence electrons. The number of aromatic nitrogens is 2. The number of rotatable bonds is 5. The van der Waals surface area contributed by atoms with Crippen LogP contribution in [0.5, 0.6) is 0 Å². The molecule has 1 aromatic heterocycles. The minimum atomic E-state index is -0.802. The van der Waals surface area contributed by atoms with Gasteiger partial charge in [0.2, 0.25) is 0 Å². The van der Waals surface area contributed by atoms with Crippen molar-refractivity contribution in [3.63, 3.8) is 0 Å². The molecule has 5 nitrogen and oxygen atoms in total. The van der Waals surface area contributed by atoms with Crippen molar-refractivity contribution in [2.45, 2.75) is 26.7 Å². The van der Waals surface area contributed by atoms with Gasteiger partial charge in [0.1, 0.15) is 11.7 Å². The third-order valence-electron chi connectivity index (χ3n) is 5.21. The minimum Gasteiger partial charge on any atom is -0.481 e. The molecule has 1 saturated carbocycles. The van der Waals surface area contributed by atoms with E-state index in [1.807, 2.05) is 31.9 Å². The number of aryl methyl sites for hydroxylation is 2. The number of carboxylic acid groups (broad SMARTS) is 1. The highest BCUT2D eigenvalue weighted by atomic mass is 19.1. The van der Waals surface area contributed by atoms with Gasteiger partial charge in [0, 0.05) is 25.4 Å². The van der Waals surface area contributed by atoms with E-state index < -0.39 is 17.3 Å². The maximum absolute atomic E-state index is 13.7. The van der Waals surface area contributed by atoms with Crippen LogP contribution in [0.2, 0.25) is 0 Å². The predicted molar refractivity (Wildman–Crippen MR) is 89.4 cm³/mol. The van der Waals surface area contributed by atoms with Crippen LogP contribution in [0.3, 0.4) is 0 Å². The summed E-state index contributed by atoms with van der Waals surface area (Å²) < 4.78 is 13.7. The molecule has 3 rings (SSSR count). The molecular weight excluding hydrogens is 309 g/mol. The van der Waals surface area contributed by atoms with Gasteiger partial charge in [0.15, 0.2) is 0 Å². The van der Waals surface area contributed by atoms with Crippen molar-refractivity contribution in [3.05, 3.63) is 41.8 Å². The first-order valence-electron chi connectivity index (χ1n) is 8.10. The van der Waals surface area contributed by atoms with Crippen molar-refractivity contribution < 1.29 is 14.3 Å². The van der Waals surface area contributed by atoms with Crippen molar-refractivity contribution in [1.29, 1.82) is 0 Å². The summed E-state index contributed by atoms with van der Waals surface area (Å²) in [4.78, 5) is 22.2. The van der Waals surface area contributed by atoms with Crippen molar-refractivity contribution in [1.82, 2.24) is 9.97 Å². The first-order chi connectivity index (χ1) is 11.3. The van der Waals surface area contributed by atoms with Crippen molar-refractivity contribution in [3.8, 4) is 0 Å². The lowest BCUT2D eigenvalue weighted by molar-refractivity contribution is -0.139. The molecule has 1 unspecified atom stereocenters. The van der Waals surface area contributed by atoms with Crippen LogP contribution in [0.4, 0.5) is 10.1 Å². The van der Waals surface area contributed by atoms with Gasteiger partial charge in [0.05, 0.1) is 23.5 Å². The van der Waals surface area contributed by atoms with E-state index in [1.54, 1.807) is 12.3 Å². The minimum absolute atomic E-state index is 0.0993. The Kier molecular flexibility index (Phi) is 4.15.